The van der Waals surface area contributed by atoms with Gasteiger partial charge in [-0.1, -0.05) is 0 Å². The van der Waals surface area contributed by atoms with Crippen LogP contribution in [-0.2, 0) is 0 Å². The van der Waals surface area contributed by atoms with E-state index in [2.05, 4.69) is 10.00 Å². The van der Waals surface area contributed by atoms with Gasteiger partial charge in [0.1, 0.15) is 11.9 Å². The number of hydrogen-bond acceptors (Lipinski definition) is 4. The summed E-state index contributed by atoms with van der Waals surface area (Å²) in [6.45, 7) is 3.61. The van der Waals surface area contributed by atoms with Gasteiger partial charge < -0.3 is 4.90 Å². The van der Waals surface area contributed by atoms with E-state index >= 15 is 0 Å². The molecule has 15 heavy (non-hydrogen) atoms. The normalized spacial score (nSPS) is 22.1. The Labute approximate surface area is 87.6 Å². The van der Waals surface area contributed by atoms with Crippen molar-refractivity contribution < 1.29 is 4.92 Å². The fraction of sp³-hybridized carbons (Fsp3) is 0.667. The molecule has 0 saturated carbocycles. The summed E-state index contributed by atoms with van der Waals surface area (Å²) in [5, 5.41) is 14.9. The van der Waals surface area contributed by atoms with E-state index in [1.807, 2.05) is 7.05 Å². The molecule has 0 unspecified atom stereocenters. The van der Waals surface area contributed by atoms with Crippen LogP contribution >= 0.6 is 0 Å². The zero-order chi connectivity index (χ0) is 11.0. The van der Waals surface area contributed by atoms with Gasteiger partial charge in [-0.25, -0.2) is 0 Å². The van der Waals surface area contributed by atoms with Crippen molar-refractivity contribution in [3.63, 3.8) is 0 Å². The maximum absolute atomic E-state index is 10.7. The summed E-state index contributed by atoms with van der Waals surface area (Å²) >= 11 is 0. The van der Waals surface area contributed by atoms with Crippen molar-refractivity contribution in [1.82, 2.24) is 14.7 Å². The molecule has 2 heterocycles. The molecular weight excluding hydrogens is 196 g/mol. The van der Waals surface area contributed by atoms with E-state index < -0.39 is 0 Å². The van der Waals surface area contributed by atoms with Crippen molar-refractivity contribution in [3.8, 4) is 0 Å². The van der Waals surface area contributed by atoms with Crippen molar-refractivity contribution in [2.45, 2.75) is 19.4 Å². The highest BCUT2D eigenvalue weighted by atomic mass is 16.6. The van der Waals surface area contributed by atoms with Crippen LogP contribution in [0.25, 0.3) is 0 Å². The van der Waals surface area contributed by atoms with Crippen LogP contribution in [0.4, 0.5) is 5.69 Å². The van der Waals surface area contributed by atoms with E-state index in [9.17, 15) is 10.1 Å². The first-order valence-electron chi connectivity index (χ1n) is 4.96. The fourth-order valence-corrected chi connectivity index (χ4v) is 1.97. The molecule has 0 amide bonds. The van der Waals surface area contributed by atoms with E-state index in [1.54, 1.807) is 17.8 Å². The highest BCUT2D eigenvalue weighted by Gasteiger charge is 2.25. The Morgan fingerprint density at radius 2 is 2.40 bits per heavy atom. The number of nitro groups is 1. The summed E-state index contributed by atoms with van der Waals surface area (Å²) in [4.78, 5) is 12.5. The minimum atomic E-state index is -0.377. The second-order valence-electron chi connectivity index (χ2n) is 4.04. The molecule has 0 radical (unpaired) electrons. The highest BCUT2D eigenvalue weighted by molar-refractivity contribution is 5.31. The van der Waals surface area contributed by atoms with Crippen LogP contribution in [0.1, 0.15) is 18.2 Å². The smallest absolute Gasteiger partial charge is 0.304 e. The van der Waals surface area contributed by atoms with Gasteiger partial charge in [0.25, 0.3) is 0 Å². The van der Waals surface area contributed by atoms with E-state index in [1.165, 1.54) is 0 Å². The minimum absolute atomic E-state index is 0.115. The summed E-state index contributed by atoms with van der Waals surface area (Å²) in [5.41, 5.74) is 0.610. The quantitative estimate of drug-likeness (QED) is 0.539. The van der Waals surface area contributed by atoms with Gasteiger partial charge in [0.15, 0.2) is 0 Å². The largest absolute Gasteiger partial charge is 0.309 e. The van der Waals surface area contributed by atoms with Gasteiger partial charge in [0.05, 0.1) is 11.0 Å². The molecule has 2 rings (SSSR count). The van der Waals surface area contributed by atoms with Gasteiger partial charge in [-0.3, -0.25) is 14.8 Å². The third-order valence-electron chi connectivity index (χ3n) is 2.83. The van der Waals surface area contributed by atoms with E-state index in [0.29, 0.717) is 5.69 Å². The molecule has 1 atom stereocenters. The molecule has 1 aliphatic rings. The molecule has 1 fully saturated rings. The number of hydrogen-bond donors (Lipinski definition) is 0. The summed E-state index contributed by atoms with van der Waals surface area (Å²) in [7, 11) is 2.05. The lowest BCUT2D eigenvalue weighted by molar-refractivity contribution is -0.385. The van der Waals surface area contributed by atoms with Gasteiger partial charge >= 0.3 is 5.69 Å². The number of aromatic nitrogens is 2. The van der Waals surface area contributed by atoms with Crippen LogP contribution in [0.5, 0.6) is 0 Å². The lowest BCUT2D eigenvalue weighted by Gasteiger charge is -2.09. The van der Waals surface area contributed by atoms with Crippen LogP contribution in [0.2, 0.25) is 0 Å². The third-order valence-corrected chi connectivity index (χ3v) is 2.83. The monoisotopic (exact) mass is 210 g/mol. The number of aryl methyl sites for hydroxylation is 1. The fourth-order valence-electron chi connectivity index (χ4n) is 1.97. The van der Waals surface area contributed by atoms with Crippen LogP contribution in [0.15, 0.2) is 6.20 Å². The predicted molar refractivity (Wildman–Crippen MR) is 54.8 cm³/mol. The molecule has 6 nitrogen and oxygen atoms in total. The van der Waals surface area contributed by atoms with Crippen LogP contribution in [-0.4, -0.2) is 39.7 Å². The third kappa shape index (κ3) is 1.85. The second-order valence-corrected chi connectivity index (χ2v) is 4.04. The first-order chi connectivity index (χ1) is 7.08. The molecule has 0 bridgehead atoms. The van der Waals surface area contributed by atoms with E-state index in [-0.39, 0.29) is 16.7 Å². The van der Waals surface area contributed by atoms with Crippen molar-refractivity contribution >= 4 is 5.69 Å². The summed E-state index contributed by atoms with van der Waals surface area (Å²) in [6, 6.07) is 0.280. The van der Waals surface area contributed by atoms with Crippen molar-refractivity contribution in [3.05, 3.63) is 22.0 Å². The zero-order valence-electron chi connectivity index (χ0n) is 8.88. The second kappa shape index (κ2) is 3.62. The van der Waals surface area contributed by atoms with E-state index in [0.717, 1.165) is 19.5 Å². The first kappa shape index (κ1) is 10.1. The lowest BCUT2D eigenvalue weighted by atomic mass is 10.3. The molecule has 1 saturated heterocycles. The first-order valence-corrected chi connectivity index (χ1v) is 4.96. The Balaban J connectivity index is 2.23. The van der Waals surface area contributed by atoms with Gasteiger partial charge in [-0.05, 0) is 26.9 Å². The highest BCUT2D eigenvalue weighted by Crippen LogP contribution is 2.23. The molecule has 0 aromatic carbocycles. The molecule has 0 spiro atoms. The number of nitrogens with zero attached hydrogens (tertiary/aromatic N) is 4. The summed E-state index contributed by atoms with van der Waals surface area (Å²) in [6.07, 6.45) is 2.55. The van der Waals surface area contributed by atoms with Gasteiger partial charge in [-0.15, -0.1) is 0 Å². The molecule has 82 valence electrons. The average Bonchev–Trinajstić information content (AvgIpc) is 2.71. The molecular formula is C9H14N4O2. The number of likely N-dealkylation sites (N-methyl/N-ethyl adjacent to an activating group) is 1. The van der Waals surface area contributed by atoms with Gasteiger partial charge in [0.2, 0.25) is 0 Å². The molecule has 6 heteroatoms. The lowest BCUT2D eigenvalue weighted by Crippen LogP contribution is -2.16. The van der Waals surface area contributed by atoms with Crippen molar-refractivity contribution in [2.24, 2.45) is 0 Å². The molecule has 0 aliphatic carbocycles. The SMILES string of the molecule is Cc1nn([C@@H]2CCN(C)C2)cc1[N+](=O)[O-]. The Bertz CT molecular complexity index is 387. The van der Waals surface area contributed by atoms with Crippen LogP contribution in [0.3, 0.4) is 0 Å². The topological polar surface area (TPSA) is 64.2 Å². The Hall–Kier alpha value is -1.43. The Morgan fingerprint density at radius 1 is 1.67 bits per heavy atom. The Kier molecular flexibility index (Phi) is 2.44. The molecule has 1 aromatic rings. The number of rotatable bonds is 2. The van der Waals surface area contributed by atoms with Crippen LogP contribution < -0.4 is 0 Å². The zero-order valence-corrected chi connectivity index (χ0v) is 8.88. The van der Waals surface area contributed by atoms with Gasteiger partial charge in [-0.2, -0.15) is 5.10 Å². The molecule has 1 aromatic heterocycles. The van der Waals surface area contributed by atoms with Gasteiger partial charge in [0, 0.05) is 6.54 Å². The Morgan fingerprint density at radius 3 is 2.87 bits per heavy atom. The maximum atomic E-state index is 10.7. The molecule has 0 N–H and O–H groups in total. The summed E-state index contributed by atoms with van der Waals surface area (Å²) in [5.74, 6) is 0. The minimum Gasteiger partial charge on any atom is -0.304 e. The van der Waals surface area contributed by atoms with Crippen molar-refractivity contribution in [1.29, 1.82) is 0 Å². The van der Waals surface area contributed by atoms with Crippen molar-refractivity contribution in [2.75, 3.05) is 20.1 Å². The molecule has 1 aliphatic heterocycles. The predicted octanol–water partition coefficient (Wildman–Crippen LogP) is 0.976. The standard InChI is InChI=1S/C9H14N4O2/c1-7-9(13(14)15)6-12(10-7)8-3-4-11(2)5-8/h6,8H,3-5H2,1-2H3/t8-/m1/s1. The van der Waals surface area contributed by atoms with Crippen LogP contribution in [0, 0.1) is 17.0 Å². The number of likely N-dealkylation sites (tertiary alicyclic amines) is 1. The van der Waals surface area contributed by atoms with E-state index in [4.69, 9.17) is 0 Å². The average molecular weight is 210 g/mol. The summed E-state index contributed by atoms with van der Waals surface area (Å²) < 4.78 is 1.73. The maximum Gasteiger partial charge on any atom is 0.309 e.